The van der Waals surface area contributed by atoms with Gasteiger partial charge >= 0.3 is 0 Å². The van der Waals surface area contributed by atoms with Gasteiger partial charge in [-0.05, 0) is 62.6 Å². The molecule has 2 aliphatic heterocycles. The summed E-state index contributed by atoms with van der Waals surface area (Å²) in [7, 11) is 0. The van der Waals surface area contributed by atoms with Crippen molar-refractivity contribution in [1.82, 2.24) is 5.32 Å². The van der Waals surface area contributed by atoms with Gasteiger partial charge in [-0.25, -0.2) is 0 Å². The van der Waals surface area contributed by atoms with E-state index in [-0.39, 0.29) is 17.9 Å². The quantitative estimate of drug-likeness (QED) is 0.885. The molecule has 0 aliphatic carbocycles. The predicted molar refractivity (Wildman–Crippen MR) is 94.1 cm³/mol. The highest BCUT2D eigenvalue weighted by molar-refractivity contribution is 5.80. The number of para-hydroxylation sites is 1. The van der Waals surface area contributed by atoms with E-state index in [4.69, 9.17) is 5.73 Å². The zero-order valence-electron chi connectivity index (χ0n) is 13.9. The number of nitriles is 1. The van der Waals surface area contributed by atoms with Crippen molar-refractivity contribution in [2.24, 2.45) is 17.6 Å². The van der Waals surface area contributed by atoms with Crippen LogP contribution >= 0.6 is 0 Å². The Kier molecular flexibility index (Phi) is 5.37. The van der Waals surface area contributed by atoms with Crippen LogP contribution in [0.3, 0.4) is 0 Å². The zero-order valence-corrected chi connectivity index (χ0v) is 13.9. The summed E-state index contributed by atoms with van der Waals surface area (Å²) in [6, 6.07) is 9.86. The normalized spacial score (nSPS) is 25.2. The number of amides is 1. The first-order chi connectivity index (χ1) is 11.7. The number of nitrogens with zero attached hydrogens (tertiary/aromatic N) is 2. The van der Waals surface area contributed by atoms with E-state index in [2.05, 4.69) is 22.7 Å². The molecule has 3 N–H and O–H groups in total. The predicted octanol–water partition coefficient (Wildman–Crippen LogP) is 1.83. The van der Waals surface area contributed by atoms with Crippen LogP contribution in [0.15, 0.2) is 24.3 Å². The van der Waals surface area contributed by atoms with Crippen molar-refractivity contribution in [1.29, 1.82) is 5.26 Å². The highest BCUT2D eigenvalue weighted by Crippen LogP contribution is 2.31. The van der Waals surface area contributed by atoms with E-state index in [1.165, 1.54) is 0 Å². The second-order valence-electron chi connectivity index (χ2n) is 6.79. The van der Waals surface area contributed by atoms with Crippen LogP contribution in [0.4, 0.5) is 5.69 Å². The third-order valence-electron chi connectivity index (χ3n) is 5.24. The minimum atomic E-state index is -0.240. The van der Waals surface area contributed by atoms with Crippen molar-refractivity contribution < 1.29 is 4.79 Å². The molecule has 2 fully saturated rings. The molecule has 2 aliphatic rings. The number of anilines is 1. The molecule has 1 amide bonds. The van der Waals surface area contributed by atoms with Gasteiger partial charge in [-0.15, -0.1) is 0 Å². The number of carbonyl (C=O) groups excluding carboxylic acids is 1. The standard InChI is InChI=1S/C19H25N4O/c20-13-16-4-1-2-6-17(16)23-10-7-14(8-11-23)12-15-5-3-9-22-18(15)19(21)24/h1-2,4,6,12,14-15,18,22H,3,5,7-11H2,(H2,21,24). The number of nitrogens with two attached hydrogens (primary N) is 1. The third kappa shape index (κ3) is 3.70. The number of rotatable bonds is 4. The molecule has 2 unspecified atom stereocenters. The molecule has 5 heteroatoms. The summed E-state index contributed by atoms with van der Waals surface area (Å²) in [6.45, 7) is 2.77. The molecule has 0 spiro atoms. The number of benzene rings is 1. The largest absolute Gasteiger partial charge is 0.370 e. The first-order valence-corrected chi connectivity index (χ1v) is 8.81. The maximum Gasteiger partial charge on any atom is 0.234 e. The van der Waals surface area contributed by atoms with Crippen molar-refractivity contribution >= 4 is 11.6 Å². The Morgan fingerprint density at radius 3 is 2.75 bits per heavy atom. The molecule has 3 rings (SSSR count). The summed E-state index contributed by atoms with van der Waals surface area (Å²) in [5.74, 6) is 0.526. The van der Waals surface area contributed by atoms with Gasteiger partial charge in [0, 0.05) is 13.1 Å². The third-order valence-corrected chi connectivity index (χ3v) is 5.24. The summed E-state index contributed by atoms with van der Waals surface area (Å²) in [6.07, 6.45) is 6.61. The topological polar surface area (TPSA) is 82.2 Å². The second-order valence-corrected chi connectivity index (χ2v) is 6.79. The number of carbonyl (C=O) groups is 1. The highest BCUT2D eigenvalue weighted by Gasteiger charge is 2.32. The number of hydrogen-bond donors (Lipinski definition) is 2. The lowest BCUT2D eigenvalue weighted by atomic mass is 9.79. The SMILES string of the molecule is N#Cc1ccccc1N1CCC([CH]C2CCCNC2C(N)=O)CC1. The molecule has 1 aromatic carbocycles. The van der Waals surface area contributed by atoms with Gasteiger partial charge in [0.2, 0.25) is 5.91 Å². The minimum absolute atomic E-state index is 0.212. The van der Waals surface area contributed by atoms with Crippen LogP contribution in [0.1, 0.15) is 31.2 Å². The second kappa shape index (κ2) is 7.67. The fourth-order valence-electron chi connectivity index (χ4n) is 3.96. The number of nitrogens with one attached hydrogen (secondary N) is 1. The monoisotopic (exact) mass is 325 g/mol. The Labute approximate surface area is 143 Å². The minimum Gasteiger partial charge on any atom is -0.370 e. The summed E-state index contributed by atoms with van der Waals surface area (Å²) >= 11 is 0. The fraction of sp³-hybridized carbons (Fsp3) is 0.526. The molecule has 0 saturated carbocycles. The summed E-state index contributed by atoms with van der Waals surface area (Å²) < 4.78 is 0. The van der Waals surface area contributed by atoms with Crippen LogP contribution < -0.4 is 16.0 Å². The summed E-state index contributed by atoms with van der Waals surface area (Å²) in [5.41, 5.74) is 7.31. The first kappa shape index (κ1) is 16.8. The van der Waals surface area contributed by atoms with Crippen molar-refractivity contribution in [3.05, 3.63) is 36.2 Å². The molecule has 1 aromatic rings. The lowest BCUT2D eigenvalue weighted by Gasteiger charge is -2.37. The maximum atomic E-state index is 11.6. The van der Waals surface area contributed by atoms with Crippen LogP contribution in [0.5, 0.6) is 0 Å². The molecule has 2 atom stereocenters. The molecule has 2 saturated heterocycles. The van der Waals surface area contributed by atoms with E-state index in [1.54, 1.807) is 0 Å². The molecule has 5 nitrogen and oxygen atoms in total. The van der Waals surface area contributed by atoms with Crippen LogP contribution in [0, 0.1) is 29.6 Å². The van der Waals surface area contributed by atoms with Gasteiger partial charge in [-0.3, -0.25) is 4.79 Å². The molecule has 0 bridgehead atoms. The van der Waals surface area contributed by atoms with E-state index >= 15 is 0 Å². The van der Waals surface area contributed by atoms with Crippen molar-refractivity contribution in [2.75, 3.05) is 24.5 Å². The zero-order chi connectivity index (χ0) is 16.9. The van der Waals surface area contributed by atoms with Crippen LogP contribution in [0.25, 0.3) is 0 Å². The Bertz CT molecular complexity index is 616. The maximum absolute atomic E-state index is 11.6. The van der Waals surface area contributed by atoms with Gasteiger partial charge < -0.3 is 16.0 Å². The van der Waals surface area contributed by atoms with Crippen molar-refractivity contribution in [2.45, 2.75) is 31.7 Å². The number of primary amides is 1. The van der Waals surface area contributed by atoms with Gasteiger partial charge in [0.15, 0.2) is 0 Å². The average molecular weight is 325 g/mol. The van der Waals surface area contributed by atoms with E-state index in [1.807, 2.05) is 24.3 Å². The summed E-state index contributed by atoms with van der Waals surface area (Å²) in [5, 5.41) is 12.5. The Morgan fingerprint density at radius 1 is 1.29 bits per heavy atom. The van der Waals surface area contributed by atoms with E-state index < -0.39 is 0 Å². The van der Waals surface area contributed by atoms with E-state index in [0.717, 1.165) is 56.6 Å². The van der Waals surface area contributed by atoms with Gasteiger partial charge in [0.1, 0.15) is 6.07 Å². The Hall–Kier alpha value is -2.06. The van der Waals surface area contributed by atoms with Crippen molar-refractivity contribution in [3.63, 3.8) is 0 Å². The highest BCUT2D eigenvalue weighted by atomic mass is 16.1. The van der Waals surface area contributed by atoms with Gasteiger partial charge in [0.05, 0.1) is 17.3 Å². The molecule has 24 heavy (non-hydrogen) atoms. The van der Waals surface area contributed by atoms with Gasteiger partial charge in [0.25, 0.3) is 0 Å². The summed E-state index contributed by atoms with van der Waals surface area (Å²) in [4.78, 5) is 13.9. The molecular weight excluding hydrogens is 300 g/mol. The fourth-order valence-corrected chi connectivity index (χ4v) is 3.96. The lowest BCUT2D eigenvalue weighted by molar-refractivity contribution is -0.121. The van der Waals surface area contributed by atoms with E-state index in [0.29, 0.717) is 5.92 Å². The smallest absolute Gasteiger partial charge is 0.234 e. The molecule has 0 aromatic heterocycles. The van der Waals surface area contributed by atoms with Gasteiger partial charge in [-0.2, -0.15) is 5.26 Å². The Balaban J connectivity index is 1.57. The molecule has 2 heterocycles. The van der Waals surface area contributed by atoms with Crippen LogP contribution in [-0.2, 0) is 4.79 Å². The number of piperidine rings is 2. The van der Waals surface area contributed by atoms with Gasteiger partial charge in [-0.1, -0.05) is 12.1 Å². The van der Waals surface area contributed by atoms with Crippen molar-refractivity contribution in [3.8, 4) is 6.07 Å². The Morgan fingerprint density at radius 2 is 2.04 bits per heavy atom. The molecular formula is C19H25N4O. The molecule has 127 valence electrons. The first-order valence-electron chi connectivity index (χ1n) is 8.81. The van der Waals surface area contributed by atoms with Crippen LogP contribution in [-0.4, -0.2) is 31.6 Å². The lowest BCUT2D eigenvalue weighted by Crippen LogP contribution is -2.50. The van der Waals surface area contributed by atoms with E-state index in [9.17, 15) is 10.1 Å². The average Bonchev–Trinajstić information content (AvgIpc) is 2.62. The molecule has 1 radical (unpaired) electrons. The van der Waals surface area contributed by atoms with Crippen LogP contribution in [0.2, 0.25) is 0 Å². The number of hydrogen-bond acceptors (Lipinski definition) is 4.